The Morgan fingerprint density at radius 1 is 1.15 bits per heavy atom. The van der Waals surface area contributed by atoms with Crippen molar-refractivity contribution >= 4 is 17.8 Å². The summed E-state index contributed by atoms with van der Waals surface area (Å²) in [4.78, 5) is 33.2. The molecule has 0 aliphatic carbocycles. The number of rotatable bonds is 7. The van der Waals surface area contributed by atoms with E-state index < -0.39 is 36.4 Å². The van der Waals surface area contributed by atoms with Crippen LogP contribution in [0.4, 0.5) is 0 Å². The van der Waals surface area contributed by atoms with E-state index in [0.29, 0.717) is 0 Å². The molecule has 20 heavy (non-hydrogen) atoms. The molecule has 0 bridgehead atoms. The third kappa shape index (κ3) is 5.07. The summed E-state index contributed by atoms with van der Waals surface area (Å²) in [6, 6.07) is 6.35. The monoisotopic (exact) mass is 280 g/mol. The molecule has 0 radical (unpaired) electrons. The van der Waals surface area contributed by atoms with Gasteiger partial charge in [0.1, 0.15) is 6.04 Å². The first-order valence-electron chi connectivity index (χ1n) is 5.94. The van der Waals surface area contributed by atoms with Crippen LogP contribution in [0.1, 0.15) is 12.0 Å². The summed E-state index contributed by atoms with van der Waals surface area (Å²) in [5.74, 6) is -3.22. The largest absolute Gasteiger partial charge is 0.481 e. The van der Waals surface area contributed by atoms with Crippen LogP contribution in [0.5, 0.6) is 0 Å². The van der Waals surface area contributed by atoms with Gasteiger partial charge in [-0.25, -0.2) is 4.79 Å². The average molecular weight is 280 g/mol. The molecule has 1 rings (SSSR count). The molecule has 0 spiro atoms. The van der Waals surface area contributed by atoms with Crippen LogP contribution in [0, 0.1) is 0 Å². The van der Waals surface area contributed by atoms with Crippen molar-refractivity contribution in [3.8, 4) is 0 Å². The maximum absolute atomic E-state index is 11.6. The zero-order chi connectivity index (χ0) is 15.1. The maximum atomic E-state index is 11.6. The van der Waals surface area contributed by atoms with E-state index in [1.807, 2.05) is 0 Å². The minimum absolute atomic E-state index is 0.0989. The number of carbonyl (C=O) groups excluding carboxylic acids is 1. The summed E-state index contributed by atoms with van der Waals surface area (Å²) in [6.07, 6.45) is -0.453. The Morgan fingerprint density at radius 2 is 1.75 bits per heavy atom. The number of nitrogens with two attached hydrogens (primary N) is 1. The van der Waals surface area contributed by atoms with Crippen molar-refractivity contribution in [2.24, 2.45) is 5.73 Å². The van der Waals surface area contributed by atoms with Gasteiger partial charge in [0.15, 0.2) is 0 Å². The number of carboxylic acid groups (broad SMARTS) is 2. The van der Waals surface area contributed by atoms with E-state index in [9.17, 15) is 14.4 Å². The lowest BCUT2D eigenvalue weighted by molar-refractivity contribution is -0.142. The number of hydrogen-bond donors (Lipinski definition) is 4. The zero-order valence-electron chi connectivity index (χ0n) is 10.7. The van der Waals surface area contributed by atoms with Gasteiger partial charge in [0.25, 0.3) is 0 Å². The Balaban J connectivity index is 2.66. The number of nitrogens with one attached hydrogen (secondary N) is 1. The predicted octanol–water partition coefficient (Wildman–Crippen LogP) is -0.399. The highest BCUT2D eigenvalue weighted by atomic mass is 16.4. The molecule has 1 aromatic rings. The standard InChI is InChI=1S/C13H16N2O5/c14-9(7-11(16)17)12(18)15-10(13(19)20)6-8-4-2-1-3-5-8/h1-5,9-10H,6-7,14H2,(H,15,18)(H,16,17)(H,19,20)/t9?,10-/m0/s1. The molecule has 0 aliphatic rings. The molecule has 0 heterocycles. The minimum atomic E-state index is -1.27. The molecule has 108 valence electrons. The second-order valence-electron chi connectivity index (χ2n) is 4.29. The van der Waals surface area contributed by atoms with Crippen LogP contribution in [0.15, 0.2) is 30.3 Å². The Kier molecular flexibility index (Phi) is 5.67. The van der Waals surface area contributed by atoms with Crippen molar-refractivity contribution < 1.29 is 24.6 Å². The van der Waals surface area contributed by atoms with Crippen molar-refractivity contribution in [2.75, 3.05) is 0 Å². The highest BCUT2D eigenvalue weighted by molar-refractivity contribution is 5.89. The molecular weight excluding hydrogens is 264 g/mol. The Labute approximate surface area is 115 Å². The maximum Gasteiger partial charge on any atom is 0.326 e. The van der Waals surface area contributed by atoms with Gasteiger partial charge >= 0.3 is 11.9 Å². The van der Waals surface area contributed by atoms with Gasteiger partial charge in [-0.1, -0.05) is 30.3 Å². The molecule has 1 unspecified atom stereocenters. The summed E-state index contributed by atoms with van der Waals surface area (Å²) in [6.45, 7) is 0. The number of carbonyl (C=O) groups is 3. The van der Waals surface area contributed by atoms with E-state index in [1.165, 1.54) is 0 Å². The number of carboxylic acids is 2. The number of hydrogen-bond acceptors (Lipinski definition) is 4. The zero-order valence-corrected chi connectivity index (χ0v) is 10.7. The molecule has 0 aliphatic heterocycles. The van der Waals surface area contributed by atoms with Gasteiger partial charge in [-0.2, -0.15) is 0 Å². The van der Waals surface area contributed by atoms with Crippen molar-refractivity contribution in [2.45, 2.75) is 24.9 Å². The first-order valence-corrected chi connectivity index (χ1v) is 5.94. The number of aliphatic carboxylic acids is 2. The predicted molar refractivity (Wildman–Crippen MR) is 69.9 cm³/mol. The fourth-order valence-electron chi connectivity index (χ4n) is 1.61. The van der Waals surface area contributed by atoms with Crippen molar-refractivity contribution in [3.05, 3.63) is 35.9 Å². The van der Waals surface area contributed by atoms with E-state index in [1.54, 1.807) is 30.3 Å². The Morgan fingerprint density at radius 3 is 2.25 bits per heavy atom. The molecule has 7 nitrogen and oxygen atoms in total. The van der Waals surface area contributed by atoms with Crippen LogP contribution in [-0.2, 0) is 20.8 Å². The summed E-state index contributed by atoms with van der Waals surface area (Å²) in [7, 11) is 0. The van der Waals surface area contributed by atoms with Crippen molar-refractivity contribution in [1.82, 2.24) is 5.32 Å². The smallest absolute Gasteiger partial charge is 0.326 e. The van der Waals surface area contributed by atoms with E-state index in [4.69, 9.17) is 15.9 Å². The molecule has 2 atom stereocenters. The van der Waals surface area contributed by atoms with Crippen LogP contribution < -0.4 is 11.1 Å². The van der Waals surface area contributed by atoms with Gasteiger partial charge in [0.05, 0.1) is 12.5 Å². The fourth-order valence-corrected chi connectivity index (χ4v) is 1.61. The lowest BCUT2D eigenvalue weighted by Gasteiger charge is -2.17. The highest BCUT2D eigenvalue weighted by Crippen LogP contribution is 2.04. The summed E-state index contributed by atoms with van der Waals surface area (Å²) in [5.41, 5.74) is 6.12. The number of amides is 1. The SMILES string of the molecule is NC(CC(=O)O)C(=O)N[C@@H](Cc1ccccc1)C(=O)O. The third-order valence-electron chi connectivity index (χ3n) is 2.63. The van der Waals surface area contributed by atoms with Crippen molar-refractivity contribution in [3.63, 3.8) is 0 Å². The molecule has 7 heteroatoms. The second kappa shape index (κ2) is 7.25. The van der Waals surface area contributed by atoms with Gasteiger partial charge in [-0.05, 0) is 5.56 Å². The molecule has 0 fully saturated rings. The number of benzene rings is 1. The van der Waals surface area contributed by atoms with E-state index >= 15 is 0 Å². The summed E-state index contributed by atoms with van der Waals surface area (Å²) < 4.78 is 0. The normalized spacial score (nSPS) is 13.2. The lowest BCUT2D eigenvalue weighted by atomic mass is 10.1. The first kappa shape index (κ1) is 15.6. The molecule has 0 saturated heterocycles. The average Bonchev–Trinajstić information content (AvgIpc) is 2.38. The third-order valence-corrected chi connectivity index (χ3v) is 2.63. The van der Waals surface area contributed by atoms with Crippen LogP contribution in [-0.4, -0.2) is 40.1 Å². The second-order valence-corrected chi connectivity index (χ2v) is 4.29. The lowest BCUT2D eigenvalue weighted by Crippen LogP contribution is -2.49. The summed E-state index contributed by atoms with van der Waals surface area (Å²) in [5, 5.41) is 19.9. The van der Waals surface area contributed by atoms with Crippen LogP contribution >= 0.6 is 0 Å². The van der Waals surface area contributed by atoms with Crippen LogP contribution in [0.25, 0.3) is 0 Å². The van der Waals surface area contributed by atoms with Crippen LogP contribution in [0.3, 0.4) is 0 Å². The van der Waals surface area contributed by atoms with E-state index in [0.717, 1.165) is 5.56 Å². The van der Waals surface area contributed by atoms with E-state index in [2.05, 4.69) is 5.32 Å². The highest BCUT2D eigenvalue weighted by Gasteiger charge is 2.24. The quantitative estimate of drug-likeness (QED) is 0.537. The molecular formula is C13H16N2O5. The van der Waals surface area contributed by atoms with Crippen LogP contribution in [0.2, 0.25) is 0 Å². The first-order chi connectivity index (χ1) is 9.40. The fraction of sp³-hybridized carbons (Fsp3) is 0.308. The molecule has 0 saturated carbocycles. The molecule has 0 aromatic heterocycles. The van der Waals surface area contributed by atoms with Gasteiger partial charge in [-0.15, -0.1) is 0 Å². The summed E-state index contributed by atoms with van der Waals surface area (Å²) >= 11 is 0. The van der Waals surface area contributed by atoms with Gasteiger partial charge < -0.3 is 21.3 Å². The van der Waals surface area contributed by atoms with Gasteiger partial charge in [-0.3, -0.25) is 9.59 Å². The van der Waals surface area contributed by atoms with Crippen molar-refractivity contribution in [1.29, 1.82) is 0 Å². The Hall–Kier alpha value is -2.41. The Bertz CT molecular complexity index is 489. The molecule has 1 amide bonds. The minimum Gasteiger partial charge on any atom is -0.481 e. The van der Waals surface area contributed by atoms with Gasteiger partial charge in [0, 0.05) is 6.42 Å². The topological polar surface area (TPSA) is 130 Å². The van der Waals surface area contributed by atoms with E-state index in [-0.39, 0.29) is 6.42 Å². The molecule has 5 N–H and O–H groups in total. The van der Waals surface area contributed by atoms with Gasteiger partial charge in [0.2, 0.25) is 5.91 Å². The molecule has 1 aromatic carbocycles.